The van der Waals surface area contributed by atoms with Gasteiger partial charge in [-0.3, -0.25) is 4.79 Å². The van der Waals surface area contributed by atoms with E-state index in [0.717, 1.165) is 25.7 Å². The number of hydrogen-bond acceptors (Lipinski definition) is 5. The Balaban J connectivity index is 2.08. The second-order valence-corrected chi connectivity index (χ2v) is 4.12. The normalized spacial score (nSPS) is 25.3. The minimum Gasteiger partial charge on any atom is -0.473 e. The fourth-order valence-electron chi connectivity index (χ4n) is 1.93. The van der Waals surface area contributed by atoms with E-state index in [2.05, 4.69) is 9.97 Å². The van der Waals surface area contributed by atoms with Crippen LogP contribution in [-0.2, 0) is 0 Å². The Bertz CT molecular complexity index is 418. The lowest BCUT2D eigenvalue weighted by Crippen LogP contribution is -2.34. The van der Waals surface area contributed by atoms with Gasteiger partial charge >= 0.3 is 0 Å². The molecule has 6 heteroatoms. The summed E-state index contributed by atoms with van der Waals surface area (Å²) in [7, 11) is 0. The van der Waals surface area contributed by atoms with E-state index in [4.69, 9.17) is 16.2 Å². The van der Waals surface area contributed by atoms with Crippen LogP contribution in [0.5, 0.6) is 5.88 Å². The highest BCUT2D eigenvalue weighted by atomic mass is 16.5. The van der Waals surface area contributed by atoms with Crippen LogP contribution in [0.3, 0.4) is 0 Å². The summed E-state index contributed by atoms with van der Waals surface area (Å²) in [5.74, 6) is 0.211. The van der Waals surface area contributed by atoms with Crippen molar-refractivity contribution in [2.45, 2.75) is 37.8 Å². The number of hydrogen-bond donors (Lipinski definition) is 3. The van der Waals surface area contributed by atoms with E-state index in [1.54, 1.807) is 0 Å². The van der Waals surface area contributed by atoms with Crippen molar-refractivity contribution >= 4 is 5.69 Å². The van der Waals surface area contributed by atoms with Crippen molar-refractivity contribution in [2.24, 2.45) is 5.73 Å². The Labute approximate surface area is 93.0 Å². The van der Waals surface area contributed by atoms with Gasteiger partial charge in [-0.15, -0.1) is 0 Å². The molecule has 1 aromatic heterocycles. The summed E-state index contributed by atoms with van der Waals surface area (Å²) in [6, 6.07) is 0.168. The molecule has 1 aliphatic rings. The number of nitrogens with one attached hydrogen (secondary N) is 1. The Morgan fingerprint density at radius 2 is 2.31 bits per heavy atom. The van der Waals surface area contributed by atoms with E-state index in [1.165, 1.54) is 6.33 Å². The summed E-state index contributed by atoms with van der Waals surface area (Å²) in [4.78, 5) is 17.5. The van der Waals surface area contributed by atoms with Crippen molar-refractivity contribution in [3.05, 3.63) is 16.7 Å². The topological polar surface area (TPSA) is 107 Å². The SMILES string of the molecule is Nc1c(OC2CCCC(N)C2)nc[nH]c1=O. The number of H-pyrrole nitrogens is 1. The molecular weight excluding hydrogens is 208 g/mol. The number of aromatic nitrogens is 2. The molecule has 1 aliphatic carbocycles. The second kappa shape index (κ2) is 4.52. The second-order valence-electron chi connectivity index (χ2n) is 4.12. The Hall–Kier alpha value is -1.56. The first-order chi connectivity index (χ1) is 7.66. The molecule has 2 unspecified atom stereocenters. The largest absolute Gasteiger partial charge is 0.473 e. The van der Waals surface area contributed by atoms with Crippen molar-refractivity contribution in [3.63, 3.8) is 0 Å². The third-order valence-electron chi connectivity index (χ3n) is 2.80. The van der Waals surface area contributed by atoms with Crippen molar-refractivity contribution < 1.29 is 4.74 Å². The standard InChI is InChI=1S/C10H16N4O2/c11-6-2-1-3-7(4-6)16-10-8(12)9(15)13-5-14-10/h5-7H,1-4,11-12H2,(H,13,14,15). The monoisotopic (exact) mass is 224 g/mol. The van der Waals surface area contributed by atoms with Crippen LogP contribution in [-0.4, -0.2) is 22.1 Å². The van der Waals surface area contributed by atoms with E-state index >= 15 is 0 Å². The van der Waals surface area contributed by atoms with Gasteiger partial charge in [-0.1, -0.05) is 0 Å². The molecule has 2 atom stereocenters. The van der Waals surface area contributed by atoms with Crippen LogP contribution >= 0.6 is 0 Å². The molecular formula is C10H16N4O2. The fraction of sp³-hybridized carbons (Fsp3) is 0.600. The number of anilines is 1. The highest BCUT2D eigenvalue weighted by Gasteiger charge is 2.22. The van der Waals surface area contributed by atoms with Crippen LogP contribution in [0.15, 0.2) is 11.1 Å². The van der Waals surface area contributed by atoms with Gasteiger partial charge < -0.3 is 21.2 Å². The first-order valence-electron chi connectivity index (χ1n) is 5.42. The minimum atomic E-state index is -0.370. The van der Waals surface area contributed by atoms with Gasteiger partial charge in [-0.05, 0) is 25.7 Å². The number of aromatic amines is 1. The molecule has 5 N–H and O–H groups in total. The van der Waals surface area contributed by atoms with Crippen LogP contribution in [0.2, 0.25) is 0 Å². The first-order valence-corrected chi connectivity index (χ1v) is 5.42. The maximum Gasteiger partial charge on any atom is 0.277 e. The van der Waals surface area contributed by atoms with Crippen molar-refractivity contribution in [3.8, 4) is 5.88 Å². The molecule has 16 heavy (non-hydrogen) atoms. The van der Waals surface area contributed by atoms with E-state index in [1.807, 2.05) is 0 Å². The summed E-state index contributed by atoms with van der Waals surface area (Å²) in [6.07, 6.45) is 5.08. The van der Waals surface area contributed by atoms with Crippen molar-refractivity contribution in [2.75, 3.05) is 5.73 Å². The average Bonchev–Trinajstić information content (AvgIpc) is 2.25. The van der Waals surface area contributed by atoms with Gasteiger partial charge in [0.1, 0.15) is 6.10 Å². The van der Waals surface area contributed by atoms with E-state index in [0.29, 0.717) is 0 Å². The molecule has 88 valence electrons. The third kappa shape index (κ3) is 2.33. The fourth-order valence-corrected chi connectivity index (χ4v) is 1.93. The molecule has 0 bridgehead atoms. The van der Waals surface area contributed by atoms with Gasteiger partial charge in [0.25, 0.3) is 5.56 Å². The molecule has 1 heterocycles. The summed E-state index contributed by atoms with van der Waals surface area (Å²) in [5, 5.41) is 0. The predicted octanol–water partition coefficient (Wildman–Crippen LogP) is 0.000800. The Morgan fingerprint density at radius 3 is 3.06 bits per heavy atom. The molecule has 0 aliphatic heterocycles. The summed E-state index contributed by atoms with van der Waals surface area (Å²) in [5.41, 5.74) is 11.1. The van der Waals surface area contributed by atoms with Gasteiger partial charge in [0.05, 0.1) is 6.33 Å². The molecule has 1 aromatic rings. The zero-order valence-corrected chi connectivity index (χ0v) is 8.98. The van der Waals surface area contributed by atoms with Crippen molar-refractivity contribution in [1.29, 1.82) is 0 Å². The maximum absolute atomic E-state index is 11.2. The number of nitrogens with two attached hydrogens (primary N) is 2. The van der Waals surface area contributed by atoms with Crippen LogP contribution in [0.25, 0.3) is 0 Å². The quantitative estimate of drug-likeness (QED) is 0.655. The first kappa shape index (κ1) is 10.9. The average molecular weight is 224 g/mol. The Kier molecular flexibility index (Phi) is 3.09. The molecule has 0 amide bonds. The summed E-state index contributed by atoms with van der Waals surface area (Å²) >= 11 is 0. The molecule has 1 saturated carbocycles. The Morgan fingerprint density at radius 1 is 1.50 bits per heavy atom. The summed E-state index contributed by atoms with van der Waals surface area (Å²) in [6.45, 7) is 0. The van der Waals surface area contributed by atoms with Crippen LogP contribution in [0.4, 0.5) is 5.69 Å². The molecule has 2 rings (SSSR count). The smallest absolute Gasteiger partial charge is 0.277 e. The van der Waals surface area contributed by atoms with Gasteiger partial charge in [0, 0.05) is 6.04 Å². The highest BCUT2D eigenvalue weighted by molar-refractivity contribution is 5.44. The molecule has 6 nitrogen and oxygen atoms in total. The van der Waals surface area contributed by atoms with E-state index < -0.39 is 0 Å². The van der Waals surface area contributed by atoms with Crippen LogP contribution in [0.1, 0.15) is 25.7 Å². The van der Waals surface area contributed by atoms with Gasteiger partial charge in [-0.2, -0.15) is 0 Å². The lowest BCUT2D eigenvalue weighted by atomic mass is 9.94. The highest BCUT2D eigenvalue weighted by Crippen LogP contribution is 2.23. The number of nitrogens with zero attached hydrogens (tertiary/aromatic N) is 1. The lowest BCUT2D eigenvalue weighted by molar-refractivity contribution is 0.139. The predicted molar refractivity (Wildman–Crippen MR) is 60.1 cm³/mol. The minimum absolute atomic E-state index is 0.0142. The zero-order valence-electron chi connectivity index (χ0n) is 8.98. The summed E-state index contributed by atoms with van der Waals surface area (Å²) < 4.78 is 5.60. The van der Waals surface area contributed by atoms with Crippen LogP contribution < -0.4 is 21.8 Å². The number of nitrogen functional groups attached to an aromatic ring is 1. The van der Waals surface area contributed by atoms with E-state index in [-0.39, 0.29) is 29.3 Å². The van der Waals surface area contributed by atoms with Gasteiger partial charge in [0.2, 0.25) is 5.88 Å². The van der Waals surface area contributed by atoms with Gasteiger partial charge in [0.15, 0.2) is 5.69 Å². The zero-order chi connectivity index (χ0) is 11.5. The van der Waals surface area contributed by atoms with Crippen molar-refractivity contribution in [1.82, 2.24) is 9.97 Å². The van der Waals surface area contributed by atoms with Gasteiger partial charge in [-0.25, -0.2) is 4.98 Å². The van der Waals surface area contributed by atoms with Crippen LogP contribution in [0, 0.1) is 0 Å². The lowest BCUT2D eigenvalue weighted by Gasteiger charge is -2.26. The molecule has 1 fully saturated rings. The molecule has 0 spiro atoms. The molecule has 0 saturated heterocycles. The van der Waals surface area contributed by atoms with E-state index in [9.17, 15) is 4.79 Å². The maximum atomic E-state index is 11.2. The molecule has 0 aromatic carbocycles. The number of ether oxygens (including phenoxy) is 1. The molecule has 0 radical (unpaired) electrons. The third-order valence-corrected chi connectivity index (χ3v) is 2.80. The number of rotatable bonds is 2.